The Kier molecular flexibility index (Phi) is 9.08. The third kappa shape index (κ3) is 6.10. The van der Waals surface area contributed by atoms with Crippen molar-refractivity contribution >= 4 is 17.8 Å². The highest BCUT2D eigenvalue weighted by Crippen LogP contribution is 2.31. The third-order valence-corrected chi connectivity index (χ3v) is 7.51. The van der Waals surface area contributed by atoms with E-state index in [1.54, 1.807) is 23.3 Å². The van der Waals surface area contributed by atoms with Gasteiger partial charge in [-0.3, -0.25) is 19.4 Å². The van der Waals surface area contributed by atoms with Crippen molar-refractivity contribution in [3.8, 4) is 22.5 Å². The number of aromatic nitrogens is 5. The van der Waals surface area contributed by atoms with Gasteiger partial charge in [-0.2, -0.15) is 10.2 Å². The first-order valence-electron chi connectivity index (χ1n) is 14.1. The molecule has 2 aromatic heterocycles. The molecule has 0 saturated carbocycles. The van der Waals surface area contributed by atoms with E-state index in [1.165, 1.54) is 18.3 Å². The van der Waals surface area contributed by atoms with Gasteiger partial charge in [0.05, 0.1) is 12.7 Å². The number of rotatable bonds is 10. The van der Waals surface area contributed by atoms with Gasteiger partial charge in [-0.15, -0.1) is 10.2 Å². The molecule has 1 N–H and O–H groups in total. The van der Waals surface area contributed by atoms with E-state index in [-0.39, 0.29) is 11.5 Å². The number of imide groups is 1. The number of hydrazine groups is 1. The standard InChI is InChI=1S/C31H33N7O4/c1-3-8-23(19-21-13-15-22(16-14-21)25-10-4-5-11-26(25)28-33-35-36-34-28)29(39)38(30(40)24-9-6-17-32-20-24)37-18-7-12-27(37)31(41)42-2/h4-6,9-11,13-17,20,23,27H,3,7-8,12,18-19H2,1-2H3,(H,33,34,35,36)/t23-,27-/m0/s1. The SMILES string of the molecule is CCC[C@@H](Cc1ccc(-c2ccccc2-c2nn[nH]n2)cc1)C(=O)N(C(=O)c1cccnc1)N1CCC[C@H]1C(=O)OC. The molecule has 4 aromatic rings. The number of H-pyrrole nitrogens is 1. The van der Waals surface area contributed by atoms with Gasteiger partial charge in [0.25, 0.3) is 5.91 Å². The number of hydrogen-bond donors (Lipinski definition) is 1. The van der Waals surface area contributed by atoms with Crippen LogP contribution in [0.1, 0.15) is 48.5 Å². The molecule has 1 aliphatic heterocycles. The number of tetrazole rings is 1. The summed E-state index contributed by atoms with van der Waals surface area (Å²) < 4.78 is 5.01. The average molecular weight is 568 g/mol. The lowest BCUT2D eigenvalue weighted by Gasteiger charge is -2.35. The summed E-state index contributed by atoms with van der Waals surface area (Å²) in [5.74, 6) is -1.28. The number of carbonyl (C=O) groups is 3. The van der Waals surface area contributed by atoms with Gasteiger partial charge >= 0.3 is 5.97 Å². The van der Waals surface area contributed by atoms with Crippen molar-refractivity contribution in [2.75, 3.05) is 13.7 Å². The summed E-state index contributed by atoms with van der Waals surface area (Å²) in [6.45, 7) is 2.41. The Morgan fingerprint density at radius 2 is 1.86 bits per heavy atom. The van der Waals surface area contributed by atoms with Gasteiger partial charge in [-0.1, -0.05) is 61.9 Å². The Morgan fingerprint density at radius 3 is 2.52 bits per heavy atom. The molecule has 1 saturated heterocycles. The largest absolute Gasteiger partial charge is 0.468 e. The van der Waals surface area contributed by atoms with Gasteiger partial charge in [0.2, 0.25) is 11.7 Å². The maximum atomic E-state index is 14.2. The number of methoxy groups -OCH3 is 1. The second-order valence-electron chi connectivity index (χ2n) is 10.2. The number of carbonyl (C=O) groups excluding carboxylic acids is 3. The van der Waals surface area contributed by atoms with Crippen LogP contribution in [0.2, 0.25) is 0 Å². The molecule has 2 amide bonds. The number of ether oxygens (including phenoxy) is 1. The van der Waals surface area contributed by atoms with Crippen molar-refractivity contribution in [3.05, 3.63) is 84.2 Å². The highest BCUT2D eigenvalue weighted by molar-refractivity contribution is 6.05. The first-order valence-corrected chi connectivity index (χ1v) is 14.1. The van der Waals surface area contributed by atoms with Crippen molar-refractivity contribution in [2.24, 2.45) is 5.92 Å². The Hall–Kier alpha value is -4.77. The van der Waals surface area contributed by atoms with Crippen LogP contribution in [-0.4, -0.2) is 73.1 Å². The lowest BCUT2D eigenvalue weighted by molar-refractivity contribution is -0.159. The van der Waals surface area contributed by atoms with Crippen LogP contribution in [0.4, 0.5) is 0 Å². The number of nitrogens with zero attached hydrogens (tertiary/aromatic N) is 6. The molecule has 216 valence electrons. The van der Waals surface area contributed by atoms with Gasteiger partial charge in [-0.25, -0.2) is 5.01 Å². The molecule has 0 unspecified atom stereocenters. The fourth-order valence-electron chi connectivity index (χ4n) is 5.47. The number of esters is 1. The monoisotopic (exact) mass is 567 g/mol. The van der Waals surface area contributed by atoms with Gasteiger partial charge < -0.3 is 4.74 Å². The summed E-state index contributed by atoms with van der Waals surface area (Å²) >= 11 is 0. The zero-order valence-corrected chi connectivity index (χ0v) is 23.6. The number of amides is 2. The van der Waals surface area contributed by atoms with Crippen LogP contribution in [0.3, 0.4) is 0 Å². The summed E-state index contributed by atoms with van der Waals surface area (Å²) in [6.07, 6.45) is 5.94. The van der Waals surface area contributed by atoms with Crippen molar-refractivity contribution in [1.29, 1.82) is 0 Å². The quantitative estimate of drug-likeness (QED) is 0.281. The van der Waals surface area contributed by atoms with Crippen molar-refractivity contribution in [3.63, 3.8) is 0 Å². The first-order chi connectivity index (χ1) is 20.5. The fourth-order valence-corrected chi connectivity index (χ4v) is 5.47. The Labute approximate surface area is 243 Å². The summed E-state index contributed by atoms with van der Waals surface area (Å²) in [6, 6.07) is 18.4. The average Bonchev–Trinajstić information content (AvgIpc) is 3.75. The van der Waals surface area contributed by atoms with Crippen LogP contribution in [0, 0.1) is 5.92 Å². The van der Waals surface area contributed by atoms with Crippen LogP contribution in [-0.2, 0) is 20.7 Å². The molecule has 1 fully saturated rings. The van der Waals surface area contributed by atoms with Crippen LogP contribution in [0.15, 0.2) is 73.1 Å². The van der Waals surface area contributed by atoms with E-state index < -0.39 is 23.8 Å². The van der Waals surface area contributed by atoms with E-state index in [0.717, 1.165) is 28.7 Å². The zero-order valence-electron chi connectivity index (χ0n) is 23.6. The maximum absolute atomic E-state index is 14.2. The maximum Gasteiger partial charge on any atom is 0.324 e. The van der Waals surface area contributed by atoms with Crippen molar-refractivity contribution < 1.29 is 19.1 Å². The van der Waals surface area contributed by atoms with Gasteiger partial charge in [0.1, 0.15) is 6.04 Å². The highest BCUT2D eigenvalue weighted by atomic mass is 16.5. The molecule has 2 aromatic carbocycles. The second kappa shape index (κ2) is 13.3. The zero-order chi connectivity index (χ0) is 29.5. The second-order valence-corrected chi connectivity index (χ2v) is 10.2. The molecule has 2 atom stereocenters. The Morgan fingerprint density at radius 1 is 1.07 bits per heavy atom. The predicted octanol–water partition coefficient (Wildman–Crippen LogP) is 4.11. The van der Waals surface area contributed by atoms with E-state index in [1.807, 2.05) is 55.5 Å². The van der Waals surface area contributed by atoms with E-state index in [9.17, 15) is 14.4 Å². The Balaban J connectivity index is 1.42. The lowest BCUT2D eigenvalue weighted by Crippen LogP contribution is -2.56. The van der Waals surface area contributed by atoms with Crippen LogP contribution >= 0.6 is 0 Å². The Bertz CT molecular complexity index is 1510. The summed E-state index contributed by atoms with van der Waals surface area (Å²) in [7, 11) is 1.32. The molecule has 0 spiro atoms. The molecule has 11 nitrogen and oxygen atoms in total. The number of aromatic amines is 1. The molecular weight excluding hydrogens is 534 g/mol. The van der Waals surface area contributed by atoms with Crippen LogP contribution < -0.4 is 0 Å². The topological polar surface area (TPSA) is 134 Å². The van der Waals surface area contributed by atoms with Gasteiger partial charge in [-0.05, 0) is 59.7 Å². The number of hydrogen-bond acceptors (Lipinski definition) is 9. The molecule has 0 aliphatic carbocycles. The van der Waals surface area contributed by atoms with Gasteiger partial charge in [0.15, 0.2) is 0 Å². The lowest BCUT2D eigenvalue weighted by atomic mass is 9.92. The number of nitrogens with one attached hydrogen (secondary N) is 1. The van der Waals surface area contributed by atoms with E-state index in [0.29, 0.717) is 38.1 Å². The summed E-state index contributed by atoms with van der Waals surface area (Å²) in [4.78, 5) is 44.7. The van der Waals surface area contributed by atoms with Crippen LogP contribution in [0.5, 0.6) is 0 Å². The fraction of sp³-hybridized carbons (Fsp3) is 0.323. The smallest absolute Gasteiger partial charge is 0.324 e. The molecule has 5 rings (SSSR count). The molecular formula is C31H33N7O4. The minimum absolute atomic E-state index is 0.279. The normalized spacial score (nSPS) is 15.7. The molecule has 3 heterocycles. The predicted molar refractivity (Wildman–Crippen MR) is 154 cm³/mol. The highest BCUT2D eigenvalue weighted by Gasteiger charge is 2.42. The number of benzene rings is 2. The van der Waals surface area contributed by atoms with E-state index in [4.69, 9.17) is 4.74 Å². The minimum atomic E-state index is -0.708. The molecule has 1 aliphatic rings. The van der Waals surface area contributed by atoms with E-state index >= 15 is 0 Å². The third-order valence-electron chi connectivity index (χ3n) is 7.51. The minimum Gasteiger partial charge on any atom is -0.468 e. The van der Waals surface area contributed by atoms with E-state index in [2.05, 4.69) is 25.6 Å². The van der Waals surface area contributed by atoms with Crippen molar-refractivity contribution in [1.82, 2.24) is 35.6 Å². The number of pyridine rings is 1. The molecule has 0 radical (unpaired) electrons. The van der Waals surface area contributed by atoms with Crippen molar-refractivity contribution in [2.45, 2.75) is 45.1 Å². The van der Waals surface area contributed by atoms with Crippen LogP contribution in [0.25, 0.3) is 22.5 Å². The molecule has 11 heteroatoms. The van der Waals surface area contributed by atoms with Gasteiger partial charge in [0, 0.05) is 30.4 Å². The molecule has 42 heavy (non-hydrogen) atoms. The molecule has 0 bridgehead atoms. The summed E-state index contributed by atoms with van der Waals surface area (Å²) in [5.41, 5.74) is 4.03. The first kappa shape index (κ1) is 28.7. The summed E-state index contributed by atoms with van der Waals surface area (Å²) in [5, 5.41) is 17.2.